The fourth-order valence-corrected chi connectivity index (χ4v) is 4.85. The lowest BCUT2D eigenvalue weighted by Gasteiger charge is -2.39. The first-order chi connectivity index (χ1) is 12.2. The summed E-state index contributed by atoms with van der Waals surface area (Å²) in [6.45, 7) is 1.02. The van der Waals surface area contributed by atoms with Gasteiger partial charge in [0.1, 0.15) is 5.82 Å². The fourth-order valence-electron chi connectivity index (χ4n) is 4.14. The maximum absolute atomic E-state index is 13.6. The quantitative estimate of drug-likeness (QED) is 0.859. The van der Waals surface area contributed by atoms with Crippen molar-refractivity contribution in [1.82, 2.24) is 10.2 Å². The van der Waals surface area contributed by atoms with Crippen molar-refractivity contribution >= 4 is 23.1 Å². The summed E-state index contributed by atoms with van der Waals surface area (Å²) in [7, 11) is 0. The van der Waals surface area contributed by atoms with Gasteiger partial charge in [-0.15, -0.1) is 11.3 Å². The van der Waals surface area contributed by atoms with Crippen molar-refractivity contribution in [3.63, 3.8) is 0 Å². The summed E-state index contributed by atoms with van der Waals surface area (Å²) in [5.41, 5.74) is 0.220. The molecule has 0 aliphatic carbocycles. The summed E-state index contributed by atoms with van der Waals surface area (Å²) in [5, 5.41) is 7.78. The minimum Gasteiger partial charge on any atom is -0.335 e. The molecule has 0 radical (unpaired) electrons. The van der Waals surface area contributed by atoms with Crippen LogP contribution in [0, 0.1) is 5.82 Å². The number of para-hydroxylation sites is 1. The number of amides is 2. The molecular weight excluding hydrogens is 337 g/mol. The van der Waals surface area contributed by atoms with Gasteiger partial charge in [-0.2, -0.15) is 0 Å². The fraction of sp³-hybridized carbons (Fsp3) is 0.421. The summed E-state index contributed by atoms with van der Waals surface area (Å²) in [4.78, 5) is 16.2. The van der Waals surface area contributed by atoms with E-state index in [1.165, 1.54) is 23.8 Å². The van der Waals surface area contributed by atoms with Crippen molar-refractivity contribution in [1.29, 1.82) is 0 Å². The molecule has 3 heterocycles. The number of hydrogen-bond donors (Lipinski definition) is 2. The number of carbonyl (C=O) groups excluding carboxylic acids is 1. The van der Waals surface area contributed by atoms with Crippen LogP contribution < -0.4 is 10.6 Å². The van der Waals surface area contributed by atoms with Crippen molar-refractivity contribution in [3.05, 3.63) is 52.5 Å². The van der Waals surface area contributed by atoms with Gasteiger partial charge in [-0.05, 0) is 49.3 Å². The molecule has 2 atom stereocenters. The predicted molar refractivity (Wildman–Crippen MR) is 98.2 cm³/mol. The lowest BCUT2D eigenvalue weighted by Crippen LogP contribution is -2.50. The first-order valence-corrected chi connectivity index (χ1v) is 9.67. The van der Waals surface area contributed by atoms with E-state index in [0.29, 0.717) is 12.1 Å². The van der Waals surface area contributed by atoms with Crippen molar-refractivity contribution in [2.24, 2.45) is 0 Å². The van der Waals surface area contributed by atoms with Crippen molar-refractivity contribution in [2.75, 3.05) is 5.32 Å². The van der Waals surface area contributed by atoms with Gasteiger partial charge in [-0.1, -0.05) is 18.2 Å². The second-order valence-electron chi connectivity index (χ2n) is 6.88. The zero-order chi connectivity index (χ0) is 17.2. The molecule has 1 aromatic carbocycles. The molecule has 2 bridgehead atoms. The molecule has 0 saturated carbocycles. The molecule has 4 nitrogen and oxygen atoms in total. The zero-order valence-electron chi connectivity index (χ0n) is 14.0. The van der Waals surface area contributed by atoms with E-state index in [2.05, 4.69) is 33.0 Å². The standard InChI is InChI=1S/C19H22FN3OS/c20-17-5-1-2-6-18(17)22-19(24)21-13-10-14-7-8-15(11-13)23(14)12-16-4-3-9-25-16/h1-6,9,13-15H,7-8,10-12H2,(H2,21,22,24)/t14-,15-/m1/s1. The number of benzene rings is 1. The molecule has 2 fully saturated rings. The zero-order valence-corrected chi connectivity index (χ0v) is 14.8. The molecular formula is C19H22FN3OS. The Hall–Kier alpha value is -1.92. The van der Waals surface area contributed by atoms with Crippen LogP contribution in [0.15, 0.2) is 41.8 Å². The summed E-state index contributed by atoms with van der Waals surface area (Å²) in [5.74, 6) is -0.413. The minimum atomic E-state index is -0.413. The number of rotatable bonds is 4. The molecule has 2 aliphatic rings. The van der Waals surface area contributed by atoms with Crippen LogP contribution in [0.3, 0.4) is 0 Å². The van der Waals surface area contributed by atoms with Gasteiger partial charge in [0.05, 0.1) is 5.69 Å². The second kappa shape index (κ2) is 7.14. The summed E-state index contributed by atoms with van der Waals surface area (Å²) >= 11 is 1.81. The summed E-state index contributed by atoms with van der Waals surface area (Å²) in [6.07, 6.45) is 4.32. The molecule has 2 aliphatic heterocycles. The molecule has 2 saturated heterocycles. The summed E-state index contributed by atoms with van der Waals surface area (Å²) in [6, 6.07) is 11.4. The van der Waals surface area contributed by atoms with Crippen LogP contribution in [-0.2, 0) is 6.54 Å². The Morgan fingerprint density at radius 1 is 1.16 bits per heavy atom. The van der Waals surface area contributed by atoms with E-state index in [1.54, 1.807) is 29.5 Å². The van der Waals surface area contributed by atoms with Crippen LogP contribution >= 0.6 is 11.3 Å². The lowest BCUT2D eigenvalue weighted by atomic mass is 9.97. The van der Waals surface area contributed by atoms with E-state index in [9.17, 15) is 9.18 Å². The SMILES string of the molecule is O=C(Nc1ccccc1F)NC1C[C@H]2CC[C@H](C1)N2Cc1cccs1. The minimum absolute atomic E-state index is 0.156. The molecule has 1 aromatic heterocycles. The molecule has 6 heteroatoms. The van der Waals surface area contributed by atoms with Crippen molar-refractivity contribution < 1.29 is 9.18 Å². The van der Waals surface area contributed by atoms with Gasteiger partial charge in [-0.25, -0.2) is 9.18 Å². The molecule has 2 N–H and O–H groups in total. The molecule has 2 amide bonds. The first kappa shape index (κ1) is 16.5. The number of urea groups is 1. The van der Waals surface area contributed by atoms with Crippen molar-refractivity contribution in [3.8, 4) is 0 Å². The number of halogens is 1. The molecule has 0 spiro atoms. The number of fused-ring (bicyclic) bond motifs is 2. The maximum atomic E-state index is 13.6. The first-order valence-electron chi connectivity index (χ1n) is 8.79. The van der Waals surface area contributed by atoms with Gasteiger partial charge < -0.3 is 10.6 Å². The Kier molecular flexibility index (Phi) is 4.72. The van der Waals surface area contributed by atoms with Crippen LogP contribution in [0.25, 0.3) is 0 Å². The van der Waals surface area contributed by atoms with Crippen LogP contribution in [0.2, 0.25) is 0 Å². The smallest absolute Gasteiger partial charge is 0.319 e. The van der Waals surface area contributed by atoms with Gasteiger partial charge in [0.25, 0.3) is 0 Å². The number of anilines is 1. The monoisotopic (exact) mass is 359 g/mol. The highest BCUT2D eigenvalue weighted by Gasteiger charge is 2.41. The molecule has 0 unspecified atom stereocenters. The second-order valence-corrected chi connectivity index (χ2v) is 7.92. The van der Waals surface area contributed by atoms with E-state index in [4.69, 9.17) is 0 Å². The van der Waals surface area contributed by atoms with Crippen molar-refractivity contribution in [2.45, 2.75) is 50.4 Å². The third-order valence-corrected chi connectivity index (χ3v) is 6.12. The molecule has 25 heavy (non-hydrogen) atoms. The third-order valence-electron chi connectivity index (χ3n) is 5.26. The lowest BCUT2D eigenvalue weighted by molar-refractivity contribution is 0.113. The number of nitrogens with zero attached hydrogens (tertiary/aromatic N) is 1. The Morgan fingerprint density at radius 2 is 1.92 bits per heavy atom. The Balaban J connectivity index is 1.33. The van der Waals surface area contributed by atoms with E-state index in [-0.39, 0.29) is 17.8 Å². The van der Waals surface area contributed by atoms with Crippen LogP contribution in [0.4, 0.5) is 14.9 Å². The van der Waals surface area contributed by atoms with E-state index < -0.39 is 5.82 Å². The number of nitrogens with one attached hydrogen (secondary N) is 2. The largest absolute Gasteiger partial charge is 0.335 e. The Labute approximate surface area is 151 Å². The number of carbonyl (C=O) groups is 1. The average molecular weight is 359 g/mol. The third kappa shape index (κ3) is 3.70. The normalized spacial score (nSPS) is 25.7. The highest BCUT2D eigenvalue weighted by atomic mass is 32.1. The van der Waals surface area contributed by atoms with E-state index in [1.807, 2.05) is 0 Å². The van der Waals surface area contributed by atoms with Crippen LogP contribution in [-0.4, -0.2) is 29.1 Å². The number of hydrogen-bond acceptors (Lipinski definition) is 3. The molecule has 132 valence electrons. The average Bonchev–Trinajstić information content (AvgIpc) is 3.17. The van der Waals surface area contributed by atoms with Gasteiger partial charge in [0, 0.05) is 29.5 Å². The van der Waals surface area contributed by atoms with Crippen LogP contribution in [0.5, 0.6) is 0 Å². The van der Waals surface area contributed by atoms with Gasteiger partial charge in [0.2, 0.25) is 0 Å². The molecule has 4 rings (SSSR count). The van der Waals surface area contributed by atoms with Crippen LogP contribution in [0.1, 0.15) is 30.6 Å². The topological polar surface area (TPSA) is 44.4 Å². The van der Waals surface area contributed by atoms with Gasteiger partial charge in [0.15, 0.2) is 0 Å². The number of thiophene rings is 1. The summed E-state index contributed by atoms with van der Waals surface area (Å²) < 4.78 is 13.6. The van der Waals surface area contributed by atoms with Gasteiger partial charge in [-0.3, -0.25) is 4.90 Å². The molecule has 2 aromatic rings. The number of piperidine rings is 1. The predicted octanol–water partition coefficient (Wildman–Crippen LogP) is 4.20. The Bertz CT molecular complexity index is 722. The maximum Gasteiger partial charge on any atom is 0.319 e. The van der Waals surface area contributed by atoms with Gasteiger partial charge >= 0.3 is 6.03 Å². The van der Waals surface area contributed by atoms with E-state index in [0.717, 1.165) is 19.4 Å². The highest BCUT2D eigenvalue weighted by Crippen LogP contribution is 2.37. The Morgan fingerprint density at radius 3 is 2.60 bits per heavy atom. The van der Waals surface area contributed by atoms with E-state index >= 15 is 0 Å². The highest BCUT2D eigenvalue weighted by molar-refractivity contribution is 7.09.